The fourth-order valence-electron chi connectivity index (χ4n) is 2.68. The van der Waals surface area contributed by atoms with Crippen molar-refractivity contribution in [2.45, 2.75) is 39.2 Å². The third-order valence-corrected chi connectivity index (χ3v) is 3.97. The minimum Gasteiger partial charge on any atom is -0.476 e. The van der Waals surface area contributed by atoms with Crippen LogP contribution in [0.5, 0.6) is 0 Å². The lowest BCUT2D eigenvalue weighted by Crippen LogP contribution is -2.31. The highest BCUT2D eigenvalue weighted by molar-refractivity contribution is 5.84. The lowest BCUT2D eigenvalue weighted by atomic mass is 9.80. The Morgan fingerprint density at radius 3 is 3.00 bits per heavy atom. The summed E-state index contributed by atoms with van der Waals surface area (Å²) in [6.45, 7) is 4.83. The first kappa shape index (κ1) is 14.0. The Kier molecular flexibility index (Phi) is 4.90. The van der Waals surface area contributed by atoms with E-state index in [1.54, 1.807) is 4.68 Å². The maximum atomic E-state index is 10.7. The summed E-state index contributed by atoms with van der Waals surface area (Å²) in [7, 11) is 0. The van der Waals surface area contributed by atoms with Crippen LogP contribution in [0.2, 0.25) is 0 Å². The molecule has 1 fully saturated rings. The number of hydrogen-bond donors (Lipinski definition) is 2. The van der Waals surface area contributed by atoms with E-state index in [-0.39, 0.29) is 5.69 Å². The van der Waals surface area contributed by atoms with Crippen LogP contribution in [0, 0.1) is 11.8 Å². The Morgan fingerprint density at radius 2 is 2.32 bits per heavy atom. The minimum absolute atomic E-state index is 0.000836. The summed E-state index contributed by atoms with van der Waals surface area (Å²) < 4.78 is 1.57. The van der Waals surface area contributed by atoms with E-state index in [2.05, 4.69) is 22.6 Å². The molecule has 106 valence electrons. The van der Waals surface area contributed by atoms with Gasteiger partial charge < -0.3 is 10.4 Å². The number of carbonyl (C=O) groups is 1. The fraction of sp³-hybridized carbons (Fsp3) is 0.769. The third-order valence-electron chi connectivity index (χ3n) is 3.97. The first-order chi connectivity index (χ1) is 9.16. The van der Waals surface area contributed by atoms with Gasteiger partial charge in [0.2, 0.25) is 0 Å². The molecule has 0 aliphatic heterocycles. The van der Waals surface area contributed by atoms with E-state index in [0.717, 1.165) is 24.9 Å². The molecule has 0 saturated heterocycles. The summed E-state index contributed by atoms with van der Waals surface area (Å²) in [5, 5.41) is 19.5. The van der Waals surface area contributed by atoms with Crippen molar-refractivity contribution in [1.82, 2.24) is 20.3 Å². The molecule has 19 heavy (non-hydrogen) atoms. The van der Waals surface area contributed by atoms with Gasteiger partial charge in [-0.05, 0) is 24.8 Å². The van der Waals surface area contributed by atoms with Crippen molar-refractivity contribution in [3.05, 3.63) is 11.9 Å². The van der Waals surface area contributed by atoms with Gasteiger partial charge >= 0.3 is 5.97 Å². The van der Waals surface area contributed by atoms with Crippen LogP contribution in [0.25, 0.3) is 0 Å². The van der Waals surface area contributed by atoms with E-state index in [4.69, 9.17) is 5.11 Å². The number of aromatic nitrogens is 3. The van der Waals surface area contributed by atoms with Crippen LogP contribution in [-0.4, -0.2) is 39.2 Å². The number of carboxylic acids is 1. The van der Waals surface area contributed by atoms with Gasteiger partial charge in [0.25, 0.3) is 0 Å². The van der Waals surface area contributed by atoms with Crippen molar-refractivity contribution >= 4 is 5.97 Å². The van der Waals surface area contributed by atoms with E-state index < -0.39 is 5.97 Å². The number of hydrogen-bond acceptors (Lipinski definition) is 4. The molecular weight excluding hydrogens is 244 g/mol. The standard InChI is InChI=1S/C13H22N4O2/c1-10-4-2-3-5-11(10)8-14-6-7-17-9-12(13(18)19)15-16-17/h9-11,14H,2-8H2,1H3,(H,18,19). The number of nitrogens with one attached hydrogen (secondary N) is 1. The summed E-state index contributed by atoms with van der Waals surface area (Å²) in [4.78, 5) is 10.7. The summed E-state index contributed by atoms with van der Waals surface area (Å²) >= 11 is 0. The average Bonchev–Trinajstić information content (AvgIpc) is 2.85. The molecule has 2 N–H and O–H groups in total. The van der Waals surface area contributed by atoms with Gasteiger partial charge in [0.05, 0.1) is 12.7 Å². The van der Waals surface area contributed by atoms with Gasteiger partial charge in [-0.2, -0.15) is 0 Å². The van der Waals surface area contributed by atoms with E-state index >= 15 is 0 Å². The summed E-state index contributed by atoms with van der Waals surface area (Å²) in [5.41, 5.74) is 0.000836. The van der Waals surface area contributed by atoms with Crippen LogP contribution >= 0.6 is 0 Å². The molecule has 6 heteroatoms. The lowest BCUT2D eigenvalue weighted by molar-refractivity contribution is 0.0690. The number of carboxylic acid groups (broad SMARTS) is 1. The number of rotatable bonds is 6. The van der Waals surface area contributed by atoms with Crippen LogP contribution in [-0.2, 0) is 6.54 Å². The molecule has 2 unspecified atom stereocenters. The van der Waals surface area contributed by atoms with Crippen LogP contribution in [0.3, 0.4) is 0 Å². The minimum atomic E-state index is -1.03. The predicted octanol–water partition coefficient (Wildman–Crippen LogP) is 1.39. The molecular formula is C13H22N4O2. The van der Waals surface area contributed by atoms with Gasteiger partial charge in [0.1, 0.15) is 0 Å². The van der Waals surface area contributed by atoms with Crippen LogP contribution < -0.4 is 5.32 Å². The molecule has 0 bridgehead atoms. The second-order valence-corrected chi connectivity index (χ2v) is 5.40. The van der Waals surface area contributed by atoms with Crippen molar-refractivity contribution in [2.24, 2.45) is 11.8 Å². The zero-order valence-electron chi connectivity index (χ0n) is 11.4. The monoisotopic (exact) mass is 266 g/mol. The van der Waals surface area contributed by atoms with Gasteiger partial charge in [0.15, 0.2) is 5.69 Å². The summed E-state index contributed by atoms with van der Waals surface area (Å²) in [5.74, 6) is 0.556. The molecule has 0 spiro atoms. The van der Waals surface area contributed by atoms with Crippen LogP contribution in [0.15, 0.2) is 6.20 Å². The quantitative estimate of drug-likeness (QED) is 0.761. The molecule has 2 rings (SSSR count). The Hall–Kier alpha value is -1.43. The summed E-state index contributed by atoms with van der Waals surface area (Å²) in [6.07, 6.45) is 6.85. The van der Waals surface area contributed by atoms with Crippen molar-refractivity contribution in [1.29, 1.82) is 0 Å². The van der Waals surface area contributed by atoms with E-state index in [9.17, 15) is 4.79 Å². The predicted molar refractivity (Wildman–Crippen MR) is 71.0 cm³/mol. The summed E-state index contributed by atoms with van der Waals surface area (Å²) in [6, 6.07) is 0. The molecule has 1 aromatic heterocycles. The highest BCUT2D eigenvalue weighted by Crippen LogP contribution is 2.28. The highest BCUT2D eigenvalue weighted by atomic mass is 16.4. The SMILES string of the molecule is CC1CCCCC1CNCCn1cc(C(=O)O)nn1. The van der Waals surface area contributed by atoms with Gasteiger partial charge in [-0.1, -0.05) is 31.4 Å². The Labute approximate surface area is 113 Å². The van der Waals surface area contributed by atoms with Crippen molar-refractivity contribution < 1.29 is 9.90 Å². The lowest BCUT2D eigenvalue weighted by Gasteiger charge is -2.28. The first-order valence-electron chi connectivity index (χ1n) is 7.01. The van der Waals surface area contributed by atoms with Gasteiger partial charge in [0, 0.05) is 6.54 Å². The Balaban J connectivity index is 1.67. The fourth-order valence-corrected chi connectivity index (χ4v) is 2.68. The zero-order valence-corrected chi connectivity index (χ0v) is 11.4. The molecule has 1 saturated carbocycles. The molecule has 1 aliphatic rings. The maximum Gasteiger partial charge on any atom is 0.358 e. The molecule has 0 aromatic carbocycles. The largest absolute Gasteiger partial charge is 0.476 e. The average molecular weight is 266 g/mol. The first-order valence-corrected chi connectivity index (χ1v) is 7.01. The van der Waals surface area contributed by atoms with Gasteiger partial charge in [-0.25, -0.2) is 4.79 Å². The van der Waals surface area contributed by atoms with Crippen LogP contribution in [0.1, 0.15) is 43.1 Å². The molecule has 0 radical (unpaired) electrons. The third kappa shape index (κ3) is 4.02. The van der Waals surface area contributed by atoms with Crippen molar-refractivity contribution in [2.75, 3.05) is 13.1 Å². The van der Waals surface area contributed by atoms with Crippen molar-refractivity contribution in [3.8, 4) is 0 Å². The number of nitrogens with zero attached hydrogens (tertiary/aromatic N) is 3. The normalized spacial score (nSPS) is 23.4. The molecule has 1 aromatic rings. The highest BCUT2D eigenvalue weighted by Gasteiger charge is 2.20. The van der Waals surface area contributed by atoms with E-state index in [1.807, 2.05) is 0 Å². The smallest absolute Gasteiger partial charge is 0.358 e. The van der Waals surface area contributed by atoms with Crippen molar-refractivity contribution in [3.63, 3.8) is 0 Å². The van der Waals surface area contributed by atoms with Gasteiger partial charge in [-0.15, -0.1) is 5.10 Å². The topological polar surface area (TPSA) is 80.0 Å². The second-order valence-electron chi connectivity index (χ2n) is 5.40. The molecule has 1 heterocycles. The molecule has 2 atom stereocenters. The van der Waals surface area contributed by atoms with Gasteiger partial charge in [-0.3, -0.25) is 4.68 Å². The zero-order chi connectivity index (χ0) is 13.7. The molecule has 0 amide bonds. The Morgan fingerprint density at radius 1 is 1.53 bits per heavy atom. The van der Waals surface area contributed by atoms with Crippen LogP contribution in [0.4, 0.5) is 0 Å². The number of aromatic carboxylic acids is 1. The second kappa shape index (κ2) is 6.65. The maximum absolute atomic E-state index is 10.7. The Bertz CT molecular complexity index is 419. The van der Waals surface area contributed by atoms with E-state index in [1.165, 1.54) is 31.9 Å². The molecule has 6 nitrogen and oxygen atoms in total. The van der Waals surface area contributed by atoms with E-state index in [0.29, 0.717) is 6.54 Å². The molecule has 1 aliphatic carbocycles.